The molecule has 3 aromatic heterocycles. The van der Waals surface area contributed by atoms with Crippen LogP contribution in [0.1, 0.15) is 48.3 Å². The lowest BCUT2D eigenvalue weighted by Crippen LogP contribution is -2.61. The first-order chi connectivity index (χ1) is 62.4. The van der Waals surface area contributed by atoms with Crippen LogP contribution in [-0.4, -0.2) is 20.4 Å². The average molecular weight is 1460 g/mol. The molecule has 113 heavy (non-hydrogen) atoms. The van der Waals surface area contributed by atoms with Gasteiger partial charge in [-0.3, -0.25) is 0 Å². The molecule has 0 spiro atoms. The summed E-state index contributed by atoms with van der Waals surface area (Å²) in [5, 5.41) is 1.77. The van der Waals surface area contributed by atoms with Crippen LogP contribution in [0.4, 0.5) is 51.2 Å². The Morgan fingerprint density at radius 2 is 0.628 bits per heavy atom. The molecular weight excluding hydrogens is 1370 g/mol. The molecule has 0 amide bonds. The van der Waals surface area contributed by atoms with Crippen LogP contribution < -0.4 is 31.1 Å². The summed E-state index contributed by atoms with van der Waals surface area (Å²) in [6.07, 6.45) is 0. The Morgan fingerprint density at radius 3 is 1.10 bits per heavy atom. The molecule has 22 rings (SSSR count). The van der Waals surface area contributed by atoms with Crippen LogP contribution >= 0.6 is 0 Å². The van der Waals surface area contributed by atoms with Crippen LogP contribution in [0.5, 0.6) is 0 Å². The lowest BCUT2D eigenvalue weighted by atomic mass is 9.33. The van der Waals surface area contributed by atoms with Crippen molar-refractivity contribution in [3.8, 4) is 61.6 Å². The van der Waals surface area contributed by atoms with E-state index in [1.54, 1.807) is 4.57 Å². The van der Waals surface area contributed by atoms with Gasteiger partial charge >= 0.3 is 0 Å². The number of aromatic nitrogens is 3. The lowest BCUT2D eigenvalue weighted by Gasteiger charge is -2.46. The fourth-order valence-electron chi connectivity index (χ4n) is 17.6. The van der Waals surface area contributed by atoms with Crippen molar-refractivity contribution in [1.82, 2.24) is 13.7 Å². The Hall–Kier alpha value is -14.4. The van der Waals surface area contributed by atoms with Gasteiger partial charge in [0.1, 0.15) is 0 Å². The van der Waals surface area contributed by atoms with Crippen LogP contribution in [0.25, 0.3) is 127 Å². The van der Waals surface area contributed by atoms with E-state index in [2.05, 4.69) is 222 Å². The van der Waals surface area contributed by atoms with Crippen LogP contribution in [0, 0.1) is 0 Å². The number of hydrogen-bond acceptors (Lipinski definition) is 3. The van der Waals surface area contributed by atoms with Gasteiger partial charge in [0.05, 0.1) is 72.1 Å². The van der Waals surface area contributed by atoms with Crippen molar-refractivity contribution in [2.24, 2.45) is 0 Å². The van der Waals surface area contributed by atoms with Crippen LogP contribution in [0.3, 0.4) is 0 Å². The van der Waals surface area contributed by atoms with Crippen LogP contribution in [-0.2, 0) is 5.41 Å². The van der Waals surface area contributed by atoms with Gasteiger partial charge in [-0.2, -0.15) is 0 Å². The first-order valence-corrected chi connectivity index (χ1v) is 37.9. The van der Waals surface area contributed by atoms with Gasteiger partial charge in [-0.15, -0.1) is 0 Å². The van der Waals surface area contributed by atoms with E-state index >= 15 is 0 Å². The second-order valence-corrected chi connectivity index (χ2v) is 29.9. The monoisotopic (exact) mass is 1460 g/mol. The molecule has 0 saturated carbocycles. The molecule has 2 aliphatic rings. The lowest BCUT2D eigenvalue weighted by molar-refractivity contribution is 0.591. The van der Waals surface area contributed by atoms with E-state index in [9.17, 15) is 21.9 Å². The molecule has 0 unspecified atom stereocenters. The molecule has 6 nitrogen and oxygen atoms in total. The summed E-state index contributed by atoms with van der Waals surface area (Å²) in [6.45, 7) is 5.65. The molecule has 0 N–H and O–H groups in total. The smallest absolute Gasteiger partial charge is 0.252 e. The number of nitrogens with zero attached hydrogens (tertiary/aromatic N) is 6. The summed E-state index contributed by atoms with van der Waals surface area (Å²) in [5.74, 6) is 0. The Kier molecular flexibility index (Phi) is 11.8. The molecule has 7 heteroatoms. The van der Waals surface area contributed by atoms with Crippen LogP contribution in [0.15, 0.2) is 400 Å². The van der Waals surface area contributed by atoms with Crippen molar-refractivity contribution in [2.75, 3.05) is 14.7 Å². The summed E-state index contributed by atoms with van der Waals surface area (Å²) < 4.78 is 161. The first kappa shape index (κ1) is 51.1. The van der Waals surface area contributed by atoms with Crippen molar-refractivity contribution in [2.45, 2.75) is 26.2 Å². The Balaban J connectivity index is 0.949. The van der Waals surface area contributed by atoms with Crippen molar-refractivity contribution in [3.63, 3.8) is 0 Å². The number of para-hydroxylation sites is 8. The number of hydrogen-bond donors (Lipinski definition) is 0. The molecule has 0 bridgehead atoms. The zero-order chi connectivity index (χ0) is 88.9. The van der Waals surface area contributed by atoms with Gasteiger partial charge in [-0.25, -0.2) is 0 Å². The summed E-state index contributed by atoms with van der Waals surface area (Å²) in [4.78, 5) is 6.75. The molecule has 0 aliphatic carbocycles. The van der Waals surface area contributed by atoms with Gasteiger partial charge in [0.15, 0.2) is 0 Å². The zero-order valence-electron chi connectivity index (χ0n) is 77.6. The van der Waals surface area contributed by atoms with Crippen LogP contribution in [0.2, 0.25) is 0 Å². The molecule has 5 heterocycles. The van der Waals surface area contributed by atoms with Crippen molar-refractivity contribution in [3.05, 3.63) is 406 Å². The highest BCUT2D eigenvalue weighted by Crippen LogP contribution is 2.56. The molecule has 2 aliphatic heterocycles. The van der Waals surface area contributed by atoms with Crippen molar-refractivity contribution >= 4 is 140 Å². The molecule has 20 aromatic rings. The van der Waals surface area contributed by atoms with Crippen molar-refractivity contribution < 1.29 is 21.9 Å². The molecule has 0 fully saturated rings. The summed E-state index contributed by atoms with van der Waals surface area (Å²) in [7, 11) is 0. The number of rotatable bonds is 12. The number of anilines is 9. The van der Waals surface area contributed by atoms with E-state index in [0.29, 0.717) is 39.4 Å². The standard InChI is InChI=1S/C106H75BN6/c1-106(2,3)74-64-89(72-36-13-6-14-37-72)105(90(65-74)73-38-15-7-16-39-73)113-100-67-79(110-95-52-27-21-44-85(95)86-45-22-28-53-96(86)110)61-63-92(100)107-91-62-60-78(108(75-40-17-8-18-41-75)76-56-58-77(59-57-76)109-93-50-25-19-42-83(93)84-43-20-26-51-94(84)109)66-99(91)112(104-81(70-32-9-4-10-33-70)48-31-49-82(104)71-34-11-5-12-35-71)101-68-80(69-102(113)103(101)107)111-97-54-29-23-46-87(97)88-47-24-30-55-98(88)111/h4-69H,1-3H3/i21D,22D,23D,24D,27D,28D,29D,30D,44D,45D,46D,47D,52D,53D,54D,55D. The number of fused-ring (bicyclic) bond motifs is 13. The van der Waals surface area contributed by atoms with Crippen molar-refractivity contribution in [1.29, 1.82) is 0 Å². The quantitative estimate of drug-likeness (QED) is 0.114. The average Bonchev–Trinajstić information content (AvgIpc) is 1.67. The Labute approximate surface area is 680 Å². The van der Waals surface area contributed by atoms with E-state index in [-0.39, 0.29) is 55.0 Å². The third-order valence-electron chi connectivity index (χ3n) is 22.6. The minimum atomic E-state index is -0.848. The normalized spacial score (nSPS) is 14.5. The summed E-state index contributed by atoms with van der Waals surface area (Å²) >= 11 is 0. The van der Waals surface area contributed by atoms with Gasteiger partial charge in [-0.1, -0.05) is 300 Å². The van der Waals surface area contributed by atoms with Gasteiger partial charge in [0, 0.05) is 106 Å². The second-order valence-electron chi connectivity index (χ2n) is 29.9. The maximum absolute atomic E-state index is 10.3. The van der Waals surface area contributed by atoms with E-state index in [4.69, 9.17) is 0 Å². The second kappa shape index (κ2) is 26.2. The van der Waals surface area contributed by atoms with E-state index in [1.807, 2.05) is 121 Å². The molecule has 17 aromatic carbocycles. The number of benzene rings is 17. The predicted molar refractivity (Wildman–Crippen MR) is 479 cm³/mol. The van der Waals surface area contributed by atoms with E-state index in [0.717, 1.165) is 106 Å². The predicted octanol–water partition coefficient (Wildman–Crippen LogP) is 26.5. The third kappa shape index (κ3) is 10.5. The van der Waals surface area contributed by atoms with E-state index < -0.39 is 109 Å². The SMILES string of the molecule is [2H]c1c([2H])c([2H])c2c(c1[2H])c1c([2H])c([2H])c([2H])c([2H])c1n2-c1ccc2c(c1)N(c1c(-c3ccccc3)cc(C(C)(C)C)cc1-c1ccccc1)c1cc(-n3c4c([2H])c([2H])c([2H])c([2H])c4c4c([2H])c([2H])c([2H])c([2H])c43)cc3c1B2c1ccc(N(c2ccccc2)c2ccc(-n4c5ccccc5c5ccccc54)cc2)cc1N3c1c(-c2ccccc2)cccc1-c1ccccc1. The minimum Gasteiger partial charge on any atom is -0.310 e. The highest BCUT2D eigenvalue weighted by atomic mass is 15.2. The maximum Gasteiger partial charge on any atom is 0.252 e. The molecule has 0 atom stereocenters. The zero-order valence-corrected chi connectivity index (χ0v) is 61.6. The van der Waals surface area contributed by atoms with Gasteiger partial charge < -0.3 is 28.4 Å². The summed E-state index contributed by atoms with van der Waals surface area (Å²) in [5.41, 5.74) is 18.1. The van der Waals surface area contributed by atoms with Gasteiger partial charge in [0.2, 0.25) is 0 Å². The topological polar surface area (TPSA) is 24.5 Å². The fraction of sp³-hybridized carbons (Fsp3) is 0.0377. The maximum atomic E-state index is 10.3. The molecule has 0 radical (unpaired) electrons. The molecule has 0 saturated heterocycles. The van der Waals surface area contributed by atoms with Gasteiger partial charge in [0.25, 0.3) is 6.71 Å². The largest absolute Gasteiger partial charge is 0.310 e. The fourth-order valence-corrected chi connectivity index (χ4v) is 17.6. The minimum absolute atomic E-state index is 0.0953. The Bertz CT molecular complexity index is 7860. The van der Waals surface area contributed by atoms with E-state index in [1.165, 1.54) is 4.57 Å². The van der Waals surface area contributed by atoms with Gasteiger partial charge in [-0.05, 0) is 171 Å². The molecule has 532 valence electrons. The summed E-state index contributed by atoms with van der Waals surface area (Å²) in [6, 6.07) is 94.3. The first-order valence-electron chi connectivity index (χ1n) is 45.9. The molecular formula is C106H75BN6. The third-order valence-corrected chi connectivity index (χ3v) is 22.6. The Morgan fingerprint density at radius 1 is 0.274 bits per heavy atom. The highest BCUT2D eigenvalue weighted by Gasteiger charge is 2.46. The highest BCUT2D eigenvalue weighted by molar-refractivity contribution is 7.00.